The minimum Gasteiger partial charge on any atom is -0.354 e. The third-order valence-corrected chi connectivity index (χ3v) is 5.33. The van der Waals surface area contributed by atoms with Gasteiger partial charge in [-0.1, -0.05) is 18.2 Å². The van der Waals surface area contributed by atoms with E-state index < -0.39 is 0 Å². The summed E-state index contributed by atoms with van der Waals surface area (Å²) in [7, 11) is 0. The number of aromatic nitrogens is 1. The summed E-state index contributed by atoms with van der Waals surface area (Å²) in [5, 5.41) is 4.18. The van der Waals surface area contributed by atoms with Crippen LogP contribution in [0.4, 0.5) is 0 Å². The monoisotopic (exact) mass is 376 g/mol. The second-order valence-electron chi connectivity index (χ2n) is 5.24. The van der Waals surface area contributed by atoms with E-state index in [0.29, 0.717) is 13.1 Å². The molecule has 0 aliphatic rings. The molecule has 0 aliphatic heterocycles. The molecule has 3 aromatic rings. The fourth-order valence-electron chi connectivity index (χ4n) is 2.57. The molecule has 0 fully saturated rings. The number of benzene rings is 1. The zero-order chi connectivity index (χ0) is 15.5. The van der Waals surface area contributed by atoms with Crippen LogP contribution in [0.5, 0.6) is 0 Å². The van der Waals surface area contributed by atoms with Crippen LogP contribution < -0.4 is 5.32 Å². The van der Waals surface area contributed by atoms with Crippen LogP contribution in [0, 0.1) is 6.92 Å². The van der Waals surface area contributed by atoms with E-state index in [1.807, 2.05) is 25.1 Å². The second-order valence-corrected chi connectivity index (χ2v) is 7.78. The SMILES string of the molecule is Cc1cc2ccccc2n1CC(=O)NCCc1ccc(Br)s1. The predicted octanol–water partition coefficient (Wildman–Crippen LogP) is 4.13. The predicted molar refractivity (Wildman–Crippen MR) is 95.4 cm³/mol. The third-order valence-electron chi connectivity index (χ3n) is 3.64. The van der Waals surface area contributed by atoms with Gasteiger partial charge in [-0.3, -0.25) is 4.79 Å². The van der Waals surface area contributed by atoms with Crippen molar-refractivity contribution >= 4 is 44.1 Å². The molecule has 114 valence electrons. The zero-order valence-electron chi connectivity index (χ0n) is 12.3. The molecule has 0 spiro atoms. The molecular formula is C17H17BrN2OS. The lowest BCUT2D eigenvalue weighted by molar-refractivity contribution is -0.121. The molecule has 0 bridgehead atoms. The van der Waals surface area contributed by atoms with Crippen molar-refractivity contribution in [1.29, 1.82) is 0 Å². The smallest absolute Gasteiger partial charge is 0.239 e. The number of nitrogens with one attached hydrogen (secondary N) is 1. The van der Waals surface area contributed by atoms with Gasteiger partial charge in [0.25, 0.3) is 0 Å². The molecule has 2 aromatic heterocycles. The summed E-state index contributed by atoms with van der Waals surface area (Å²) in [5.74, 6) is 0.0556. The van der Waals surface area contributed by atoms with Gasteiger partial charge in [0.1, 0.15) is 6.54 Å². The van der Waals surface area contributed by atoms with E-state index in [4.69, 9.17) is 0 Å². The van der Waals surface area contributed by atoms with Crippen LogP contribution in [0.25, 0.3) is 10.9 Å². The highest BCUT2D eigenvalue weighted by Crippen LogP contribution is 2.22. The van der Waals surface area contributed by atoms with Crippen LogP contribution in [-0.4, -0.2) is 17.0 Å². The molecule has 0 saturated carbocycles. The summed E-state index contributed by atoms with van der Waals surface area (Å²) < 4.78 is 3.19. The van der Waals surface area contributed by atoms with Crippen molar-refractivity contribution in [2.24, 2.45) is 0 Å². The first-order valence-corrected chi connectivity index (χ1v) is 8.80. The first kappa shape index (κ1) is 15.3. The Morgan fingerprint density at radius 1 is 1.27 bits per heavy atom. The molecule has 0 unspecified atom stereocenters. The summed E-state index contributed by atoms with van der Waals surface area (Å²) >= 11 is 5.16. The Morgan fingerprint density at radius 3 is 2.86 bits per heavy atom. The van der Waals surface area contributed by atoms with Gasteiger partial charge in [0.05, 0.1) is 3.79 Å². The van der Waals surface area contributed by atoms with Crippen molar-refractivity contribution < 1.29 is 4.79 Å². The number of carbonyl (C=O) groups excluding carboxylic acids is 1. The average molecular weight is 377 g/mol. The Balaban J connectivity index is 1.60. The number of para-hydroxylation sites is 1. The van der Waals surface area contributed by atoms with Gasteiger partial charge in [-0.15, -0.1) is 11.3 Å². The fraction of sp³-hybridized carbons (Fsp3) is 0.235. The van der Waals surface area contributed by atoms with E-state index in [1.165, 1.54) is 10.3 Å². The summed E-state index contributed by atoms with van der Waals surface area (Å²) in [5.41, 5.74) is 2.22. The number of hydrogen-bond acceptors (Lipinski definition) is 2. The number of fused-ring (bicyclic) bond motifs is 1. The fourth-order valence-corrected chi connectivity index (χ4v) is 4.05. The summed E-state index contributed by atoms with van der Waals surface area (Å²) in [6.45, 7) is 3.08. The highest BCUT2D eigenvalue weighted by molar-refractivity contribution is 9.11. The number of aryl methyl sites for hydroxylation is 1. The van der Waals surface area contributed by atoms with Crippen molar-refractivity contribution in [2.45, 2.75) is 19.9 Å². The Kier molecular flexibility index (Phi) is 4.64. The van der Waals surface area contributed by atoms with E-state index in [-0.39, 0.29) is 5.91 Å². The largest absolute Gasteiger partial charge is 0.354 e. The Labute approximate surface area is 142 Å². The molecule has 3 nitrogen and oxygen atoms in total. The van der Waals surface area contributed by atoms with E-state index >= 15 is 0 Å². The van der Waals surface area contributed by atoms with Crippen LogP contribution in [0.3, 0.4) is 0 Å². The van der Waals surface area contributed by atoms with Gasteiger partial charge in [-0.2, -0.15) is 0 Å². The molecule has 1 aromatic carbocycles. The van der Waals surface area contributed by atoms with Crippen molar-refractivity contribution in [3.05, 3.63) is 56.8 Å². The van der Waals surface area contributed by atoms with Crippen molar-refractivity contribution in [3.8, 4) is 0 Å². The number of hydrogen-bond donors (Lipinski definition) is 1. The molecule has 0 saturated heterocycles. The Morgan fingerprint density at radius 2 is 2.09 bits per heavy atom. The molecule has 1 amide bonds. The van der Waals surface area contributed by atoms with Crippen LogP contribution in [0.15, 0.2) is 46.3 Å². The molecule has 0 atom stereocenters. The van der Waals surface area contributed by atoms with Gasteiger partial charge in [0.2, 0.25) is 5.91 Å². The molecule has 1 N–H and O–H groups in total. The summed E-state index contributed by atoms with van der Waals surface area (Å²) in [6, 6.07) is 14.4. The molecule has 0 aliphatic carbocycles. The van der Waals surface area contributed by atoms with Gasteiger partial charge in [0, 0.05) is 22.6 Å². The van der Waals surface area contributed by atoms with Crippen LogP contribution in [0.1, 0.15) is 10.6 Å². The zero-order valence-corrected chi connectivity index (χ0v) is 14.7. The highest BCUT2D eigenvalue weighted by atomic mass is 79.9. The van der Waals surface area contributed by atoms with Crippen LogP contribution >= 0.6 is 27.3 Å². The molecule has 2 heterocycles. The number of rotatable bonds is 5. The van der Waals surface area contributed by atoms with Gasteiger partial charge in [0.15, 0.2) is 0 Å². The lowest BCUT2D eigenvalue weighted by Crippen LogP contribution is -2.29. The summed E-state index contributed by atoms with van der Waals surface area (Å²) in [6.07, 6.45) is 0.868. The van der Waals surface area contributed by atoms with Crippen molar-refractivity contribution in [1.82, 2.24) is 9.88 Å². The average Bonchev–Trinajstić information content (AvgIpc) is 3.03. The maximum Gasteiger partial charge on any atom is 0.239 e. The van der Waals surface area contributed by atoms with Gasteiger partial charge in [-0.05, 0) is 58.9 Å². The van der Waals surface area contributed by atoms with Gasteiger partial charge >= 0.3 is 0 Å². The number of carbonyl (C=O) groups is 1. The third kappa shape index (κ3) is 3.42. The quantitative estimate of drug-likeness (QED) is 0.713. The topological polar surface area (TPSA) is 34.0 Å². The first-order chi connectivity index (χ1) is 10.6. The number of halogens is 1. The minimum atomic E-state index is 0.0556. The van der Waals surface area contributed by atoms with E-state index in [2.05, 4.69) is 50.1 Å². The lowest BCUT2D eigenvalue weighted by atomic mass is 10.2. The van der Waals surface area contributed by atoms with Crippen molar-refractivity contribution in [2.75, 3.05) is 6.54 Å². The second kappa shape index (κ2) is 6.67. The van der Waals surface area contributed by atoms with E-state index in [1.54, 1.807) is 11.3 Å². The maximum atomic E-state index is 12.2. The van der Waals surface area contributed by atoms with Crippen LogP contribution in [0.2, 0.25) is 0 Å². The number of amides is 1. The molecule has 5 heteroatoms. The summed E-state index contributed by atoms with van der Waals surface area (Å²) in [4.78, 5) is 13.4. The maximum absolute atomic E-state index is 12.2. The number of nitrogens with zero attached hydrogens (tertiary/aromatic N) is 1. The minimum absolute atomic E-state index is 0.0556. The standard InChI is InChI=1S/C17H17BrN2OS/c1-12-10-13-4-2-3-5-15(13)20(12)11-17(21)19-9-8-14-6-7-16(18)22-14/h2-7,10H,8-9,11H2,1H3,(H,19,21). The Bertz CT molecular complexity index is 806. The van der Waals surface area contributed by atoms with Gasteiger partial charge in [-0.25, -0.2) is 0 Å². The van der Waals surface area contributed by atoms with Crippen molar-refractivity contribution in [3.63, 3.8) is 0 Å². The number of thiophene rings is 1. The first-order valence-electron chi connectivity index (χ1n) is 7.19. The molecular weight excluding hydrogens is 360 g/mol. The lowest BCUT2D eigenvalue weighted by Gasteiger charge is -2.09. The Hall–Kier alpha value is -1.59. The molecule has 0 radical (unpaired) electrons. The molecule has 22 heavy (non-hydrogen) atoms. The molecule has 3 rings (SSSR count). The van der Waals surface area contributed by atoms with Crippen LogP contribution in [-0.2, 0) is 17.8 Å². The van der Waals surface area contributed by atoms with E-state index in [9.17, 15) is 4.79 Å². The van der Waals surface area contributed by atoms with Gasteiger partial charge < -0.3 is 9.88 Å². The van der Waals surface area contributed by atoms with E-state index in [0.717, 1.165) is 21.4 Å². The normalized spacial score (nSPS) is 11.0. The highest BCUT2D eigenvalue weighted by Gasteiger charge is 2.09.